The predicted octanol–water partition coefficient (Wildman–Crippen LogP) is 1.78. The van der Waals surface area contributed by atoms with Crippen LogP contribution in [0.25, 0.3) is 0 Å². The lowest BCUT2D eigenvalue weighted by Gasteiger charge is -2.31. The molecule has 2 fully saturated rings. The van der Waals surface area contributed by atoms with Gasteiger partial charge in [0.25, 0.3) is 0 Å². The van der Waals surface area contributed by atoms with Crippen LogP contribution < -0.4 is 0 Å². The van der Waals surface area contributed by atoms with Crippen molar-refractivity contribution in [1.82, 2.24) is 15.0 Å². The number of nitrogens with zero attached hydrogens (tertiary/aromatic N) is 3. The van der Waals surface area contributed by atoms with Gasteiger partial charge < -0.3 is 18.9 Å². The number of rotatable bonds is 9. The molecule has 1 saturated carbocycles. The Morgan fingerprint density at radius 1 is 1.33 bits per heavy atom. The fourth-order valence-corrected chi connectivity index (χ4v) is 2.99. The molecule has 0 bridgehead atoms. The summed E-state index contributed by atoms with van der Waals surface area (Å²) >= 11 is 0. The van der Waals surface area contributed by atoms with E-state index in [1.165, 1.54) is 12.8 Å². The van der Waals surface area contributed by atoms with Crippen molar-refractivity contribution in [3.05, 3.63) is 11.7 Å². The first-order valence-electron chi connectivity index (χ1n) is 8.93. The van der Waals surface area contributed by atoms with Gasteiger partial charge in [-0.2, -0.15) is 4.98 Å². The molecule has 0 aromatic carbocycles. The second-order valence-electron chi connectivity index (χ2n) is 6.74. The second-order valence-corrected chi connectivity index (χ2v) is 6.74. The fourth-order valence-electron chi connectivity index (χ4n) is 2.99. The van der Waals surface area contributed by atoms with Crippen LogP contribution in [-0.2, 0) is 20.7 Å². The van der Waals surface area contributed by atoms with Gasteiger partial charge in [0.2, 0.25) is 11.8 Å². The third-order valence-corrected chi connectivity index (χ3v) is 4.65. The molecule has 7 heteroatoms. The van der Waals surface area contributed by atoms with Crippen molar-refractivity contribution < 1.29 is 18.8 Å². The fraction of sp³-hybridized carbons (Fsp3) is 0.824. The molecule has 0 N–H and O–H groups in total. The summed E-state index contributed by atoms with van der Waals surface area (Å²) in [4.78, 5) is 18.5. The smallest absolute Gasteiger partial charge is 0.231 e. The topological polar surface area (TPSA) is 77.7 Å². The molecule has 134 valence electrons. The van der Waals surface area contributed by atoms with Crippen molar-refractivity contribution in [2.24, 2.45) is 5.92 Å². The van der Waals surface area contributed by atoms with Gasteiger partial charge in [0.1, 0.15) is 0 Å². The highest BCUT2D eigenvalue weighted by Crippen LogP contribution is 2.29. The number of carbonyl (C=O) groups is 1. The van der Waals surface area contributed by atoms with E-state index in [0.717, 1.165) is 31.9 Å². The van der Waals surface area contributed by atoms with Crippen molar-refractivity contribution in [3.8, 4) is 0 Å². The van der Waals surface area contributed by atoms with E-state index in [0.29, 0.717) is 44.3 Å². The minimum absolute atomic E-state index is 0.134. The van der Waals surface area contributed by atoms with Gasteiger partial charge in [0.15, 0.2) is 5.82 Å². The second kappa shape index (κ2) is 8.58. The molecule has 1 unspecified atom stereocenters. The largest absolute Gasteiger partial charge is 0.384 e. The van der Waals surface area contributed by atoms with Gasteiger partial charge in [-0.05, 0) is 31.6 Å². The lowest BCUT2D eigenvalue weighted by atomic mass is 9.97. The summed E-state index contributed by atoms with van der Waals surface area (Å²) in [7, 11) is 1.61. The van der Waals surface area contributed by atoms with E-state index in [9.17, 15) is 4.79 Å². The summed E-state index contributed by atoms with van der Waals surface area (Å²) in [5.41, 5.74) is 0. The van der Waals surface area contributed by atoms with Gasteiger partial charge in [-0.15, -0.1) is 0 Å². The molecule has 24 heavy (non-hydrogen) atoms. The van der Waals surface area contributed by atoms with Gasteiger partial charge in [-0.3, -0.25) is 4.79 Å². The number of hydrogen-bond donors (Lipinski definition) is 0. The Balaban J connectivity index is 1.45. The standard InChI is InChI=1S/C17H27N3O4/c1-22-9-7-16(21)20-8-2-3-14(11-20)17-18-15(19-24-17)6-10-23-12-13-4-5-13/h13-14H,2-12H2,1H3. The number of amides is 1. The Hall–Kier alpha value is -1.47. The van der Waals surface area contributed by atoms with E-state index < -0.39 is 0 Å². The number of methoxy groups -OCH3 is 1. The van der Waals surface area contributed by atoms with Crippen LogP contribution >= 0.6 is 0 Å². The van der Waals surface area contributed by atoms with Gasteiger partial charge in [0.05, 0.1) is 25.6 Å². The average molecular weight is 337 g/mol. The predicted molar refractivity (Wildman–Crippen MR) is 86.6 cm³/mol. The third kappa shape index (κ3) is 5.01. The molecule has 1 atom stereocenters. The molecule has 1 aromatic rings. The molecule has 0 spiro atoms. The van der Waals surface area contributed by atoms with Crippen molar-refractivity contribution in [3.63, 3.8) is 0 Å². The first-order valence-corrected chi connectivity index (χ1v) is 8.93. The maximum Gasteiger partial charge on any atom is 0.231 e. The molecular formula is C17H27N3O4. The summed E-state index contributed by atoms with van der Waals surface area (Å²) in [6.45, 7) is 3.41. The number of ether oxygens (including phenoxy) is 2. The number of hydrogen-bond acceptors (Lipinski definition) is 6. The first-order chi connectivity index (χ1) is 11.8. The van der Waals surface area contributed by atoms with Crippen LogP contribution in [0.5, 0.6) is 0 Å². The monoisotopic (exact) mass is 337 g/mol. The quantitative estimate of drug-likeness (QED) is 0.639. The van der Waals surface area contributed by atoms with Crippen LogP contribution in [0, 0.1) is 5.92 Å². The molecule has 1 aliphatic heterocycles. The molecule has 1 amide bonds. The molecule has 1 saturated heterocycles. The number of likely N-dealkylation sites (tertiary alicyclic amines) is 1. The zero-order valence-corrected chi connectivity index (χ0v) is 14.4. The van der Waals surface area contributed by atoms with Crippen molar-refractivity contribution in [1.29, 1.82) is 0 Å². The van der Waals surface area contributed by atoms with E-state index in [2.05, 4.69) is 10.1 Å². The molecule has 7 nitrogen and oxygen atoms in total. The average Bonchev–Trinajstić information content (AvgIpc) is 3.32. The van der Waals surface area contributed by atoms with E-state index in [1.54, 1.807) is 7.11 Å². The highest BCUT2D eigenvalue weighted by Gasteiger charge is 2.28. The molecule has 3 rings (SSSR count). The van der Waals surface area contributed by atoms with E-state index in [-0.39, 0.29) is 11.8 Å². The Morgan fingerprint density at radius 3 is 3.00 bits per heavy atom. The van der Waals surface area contributed by atoms with Gasteiger partial charge in [-0.25, -0.2) is 0 Å². The van der Waals surface area contributed by atoms with Crippen LogP contribution in [-0.4, -0.2) is 61.0 Å². The van der Waals surface area contributed by atoms with Crippen molar-refractivity contribution >= 4 is 5.91 Å². The van der Waals surface area contributed by atoms with Crippen LogP contribution in [0.1, 0.15) is 49.7 Å². The zero-order chi connectivity index (χ0) is 16.8. The van der Waals surface area contributed by atoms with Crippen LogP contribution in [0.4, 0.5) is 0 Å². The summed E-state index contributed by atoms with van der Waals surface area (Å²) in [5, 5.41) is 4.05. The Labute approximate surface area is 142 Å². The van der Waals surface area contributed by atoms with Crippen LogP contribution in [0.15, 0.2) is 4.52 Å². The highest BCUT2D eigenvalue weighted by atomic mass is 16.5. The Bertz CT molecular complexity index is 530. The van der Waals surface area contributed by atoms with E-state index in [1.807, 2.05) is 4.90 Å². The van der Waals surface area contributed by atoms with Crippen LogP contribution in [0.3, 0.4) is 0 Å². The summed E-state index contributed by atoms with van der Waals surface area (Å²) in [6.07, 6.45) is 5.65. The number of carbonyl (C=O) groups excluding carboxylic acids is 1. The number of piperidine rings is 1. The van der Waals surface area contributed by atoms with Gasteiger partial charge >= 0.3 is 0 Å². The molecule has 2 heterocycles. The zero-order valence-electron chi connectivity index (χ0n) is 14.4. The van der Waals surface area contributed by atoms with Gasteiger partial charge in [-0.1, -0.05) is 5.16 Å². The van der Waals surface area contributed by atoms with Crippen LogP contribution in [0.2, 0.25) is 0 Å². The van der Waals surface area contributed by atoms with Gasteiger partial charge in [0, 0.05) is 33.2 Å². The lowest BCUT2D eigenvalue weighted by molar-refractivity contribution is -0.133. The molecule has 1 aliphatic carbocycles. The SMILES string of the molecule is COCCC(=O)N1CCCC(c2nc(CCOCC3CC3)no2)C1. The van der Waals surface area contributed by atoms with E-state index >= 15 is 0 Å². The van der Waals surface area contributed by atoms with E-state index in [4.69, 9.17) is 14.0 Å². The minimum Gasteiger partial charge on any atom is -0.384 e. The summed E-state index contributed by atoms with van der Waals surface area (Å²) < 4.78 is 16.0. The summed E-state index contributed by atoms with van der Waals surface area (Å²) in [5.74, 6) is 2.39. The Kier molecular flexibility index (Phi) is 6.20. The van der Waals surface area contributed by atoms with Crippen molar-refractivity contribution in [2.75, 3.05) is 40.0 Å². The maximum atomic E-state index is 12.1. The lowest BCUT2D eigenvalue weighted by Crippen LogP contribution is -2.39. The highest BCUT2D eigenvalue weighted by molar-refractivity contribution is 5.76. The minimum atomic E-state index is 0.134. The molecule has 0 radical (unpaired) electrons. The normalized spacial score (nSPS) is 21.2. The summed E-state index contributed by atoms with van der Waals surface area (Å²) in [6, 6.07) is 0. The first kappa shape index (κ1) is 17.4. The molecule has 1 aromatic heterocycles. The molecule has 2 aliphatic rings. The molecular weight excluding hydrogens is 310 g/mol. The number of aromatic nitrogens is 2. The Morgan fingerprint density at radius 2 is 2.21 bits per heavy atom. The third-order valence-electron chi connectivity index (χ3n) is 4.65. The maximum absolute atomic E-state index is 12.1. The van der Waals surface area contributed by atoms with Crippen molar-refractivity contribution in [2.45, 2.75) is 44.4 Å².